The van der Waals surface area contributed by atoms with E-state index in [2.05, 4.69) is 29.8 Å². The van der Waals surface area contributed by atoms with E-state index >= 15 is 0 Å². The Kier molecular flexibility index (Phi) is 4.22. The van der Waals surface area contributed by atoms with Gasteiger partial charge >= 0.3 is 0 Å². The number of hydrogen-bond donors (Lipinski definition) is 1. The summed E-state index contributed by atoms with van der Waals surface area (Å²) in [6.07, 6.45) is 1.82. The predicted octanol–water partition coefficient (Wildman–Crippen LogP) is 2.68. The third-order valence-corrected chi connectivity index (χ3v) is 3.25. The number of hydrogen-bond acceptors (Lipinski definition) is 4. The average molecular weight is 259 g/mol. The predicted molar refractivity (Wildman–Crippen MR) is 80.5 cm³/mol. The Labute approximate surface area is 114 Å². The van der Waals surface area contributed by atoms with E-state index in [0.717, 1.165) is 28.8 Å². The summed E-state index contributed by atoms with van der Waals surface area (Å²) in [7, 11) is 1.72. The van der Waals surface area contributed by atoms with Crippen molar-refractivity contribution < 1.29 is 4.74 Å². The van der Waals surface area contributed by atoms with Crippen molar-refractivity contribution in [2.24, 2.45) is 0 Å². The monoisotopic (exact) mass is 259 g/mol. The quantitative estimate of drug-likeness (QED) is 0.839. The summed E-state index contributed by atoms with van der Waals surface area (Å²) in [4.78, 5) is 6.69. The van der Waals surface area contributed by atoms with Gasteiger partial charge in [0.05, 0.1) is 17.8 Å². The zero-order valence-corrected chi connectivity index (χ0v) is 11.8. The number of benzene rings is 1. The van der Waals surface area contributed by atoms with E-state index in [1.54, 1.807) is 7.11 Å². The van der Waals surface area contributed by atoms with E-state index in [4.69, 9.17) is 10.5 Å². The third-order valence-electron chi connectivity index (χ3n) is 3.25. The number of nitrogens with zero attached hydrogens (tertiary/aromatic N) is 2. The first kappa shape index (κ1) is 13.6. The van der Waals surface area contributed by atoms with Crippen molar-refractivity contribution in [3.8, 4) is 0 Å². The first-order valence-corrected chi connectivity index (χ1v) is 6.54. The van der Waals surface area contributed by atoms with E-state index in [-0.39, 0.29) is 0 Å². The molecule has 0 saturated heterocycles. The lowest BCUT2D eigenvalue weighted by atomic mass is 10.1. The van der Waals surface area contributed by atoms with Gasteiger partial charge in [0, 0.05) is 37.0 Å². The molecule has 0 saturated carbocycles. The number of fused-ring (bicyclic) bond motifs is 1. The Balaban J connectivity index is 2.50. The zero-order valence-electron chi connectivity index (χ0n) is 11.8. The third kappa shape index (κ3) is 2.79. The Bertz CT molecular complexity index is 554. The van der Waals surface area contributed by atoms with E-state index in [1.165, 1.54) is 0 Å². The molecule has 2 aromatic rings. The Morgan fingerprint density at radius 2 is 2.11 bits per heavy atom. The van der Waals surface area contributed by atoms with Crippen LogP contribution in [0.25, 0.3) is 10.9 Å². The van der Waals surface area contributed by atoms with Crippen LogP contribution in [-0.4, -0.2) is 31.3 Å². The average Bonchev–Trinajstić information content (AvgIpc) is 2.40. The van der Waals surface area contributed by atoms with Gasteiger partial charge in [0.15, 0.2) is 0 Å². The lowest BCUT2D eigenvalue weighted by Crippen LogP contribution is -2.34. The van der Waals surface area contributed by atoms with Gasteiger partial charge in [-0.25, -0.2) is 0 Å². The van der Waals surface area contributed by atoms with Gasteiger partial charge < -0.3 is 15.4 Å². The fourth-order valence-corrected chi connectivity index (χ4v) is 2.28. The zero-order chi connectivity index (χ0) is 13.8. The molecule has 1 heterocycles. The maximum atomic E-state index is 6.00. The van der Waals surface area contributed by atoms with Crippen LogP contribution in [0.5, 0.6) is 0 Å². The molecular formula is C15H21N3O. The van der Waals surface area contributed by atoms with Crippen molar-refractivity contribution in [2.75, 3.05) is 30.9 Å². The molecule has 2 rings (SSSR count). The van der Waals surface area contributed by atoms with E-state index in [1.807, 2.05) is 24.4 Å². The number of pyridine rings is 1. The van der Waals surface area contributed by atoms with E-state index in [0.29, 0.717) is 12.6 Å². The molecule has 0 amide bonds. The molecule has 0 bridgehead atoms. The lowest BCUT2D eigenvalue weighted by Gasteiger charge is -2.29. The van der Waals surface area contributed by atoms with Crippen molar-refractivity contribution in [3.63, 3.8) is 0 Å². The molecule has 19 heavy (non-hydrogen) atoms. The normalized spacial score (nSPS) is 11.2. The van der Waals surface area contributed by atoms with Crippen molar-refractivity contribution in [1.29, 1.82) is 0 Å². The summed E-state index contributed by atoms with van der Waals surface area (Å²) in [5.74, 6) is 0. The molecule has 1 aromatic carbocycles. The lowest BCUT2D eigenvalue weighted by molar-refractivity contribution is 0.204. The minimum absolute atomic E-state index is 0.391. The molecule has 2 N–H and O–H groups in total. The van der Waals surface area contributed by atoms with Crippen LogP contribution >= 0.6 is 0 Å². The van der Waals surface area contributed by atoms with Crippen LogP contribution in [0.2, 0.25) is 0 Å². The van der Waals surface area contributed by atoms with Crippen molar-refractivity contribution >= 4 is 22.3 Å². The molecule has 0 radical (unpaired) electrons. The fourth-order valence-electron chi connectivity index (χ4n) is 2.28. The molecule has 0 aliphatic heterocycles. The van der Waals surface area contributed by atoms with Crippen LogP contribution in [0.1, 0.15) is 13.8 Å². The van der Waals surface area contributed by atoms with Gasteiger partial charge in [0.1, 0.15) is 0 Å². The molecule has 4 heteroatoms. The molecule has 0 aliphatic rings. The fraction of sp³-hybridized carbons (Fsp3) is 0.400. The first-order chi connectivity index (χ1) is 9.15. The highest BCUT2D eigenvalue weighted by Crippen LogP contribution is 2.29. The van der Waals surface area contributed by atoms with Crippen LogP contribution in [0, 0.1) is 0 Å². The van der Waals surface area contributed by atoms with Gasteiger partial charge in [-0.15, -0.1) is 0 Å². The molecule has 102 valence electrons. The Morgan fingerprint density at radius 3 is 2.79 bits per heavy atom. The Morgan fingerprint density at radius 1 is 1.32 bits per heavy atom. The van der Waals surface area contributed by atoms with Crippen LogP contribution in [0.4, 0.5) is 11.4 Å². The summed E-state index contributed by atoms with van der Waals surface area (Å²) in [6.45, 7) is 5.90. The van der Waals surface area contributed by atoms with Crippen molar-refractivity contribution in [1.82, 2.24) is 4.98 Å². The molecule has 0 atom stereocenters. The number of rotatable bonds is 5. The number of nitrogen functional groups attached to an aromatic ring is 1. The van der Waals surface area contributed by atoms with Crippen LogP contribution < -0.4 is 10.6 Å². The SMILES string of the molecule is COCCN(c1ccnc2c(N)cccc12)C(C)C. The molecule has 0 fully saturated rings. The number of ether oxygens (including phenoxy) is 1. The molecule has 0 aliphatic carbocycles. The summed E-state index contributed by atoms with van der Waals surface area (Å²) in [5, 5.41) is 1.09. The molecule has 0 unspecified atom stereocenters. The molecule has 4 nitrogen and oxygen atoms in total. The van der Waals surface area contributed by atoms with Crippen molar-refractivity contribution in [3.05, 3.63) is 30.5 Å². The second-order valence-electron chi connectivity index (χ2n) is 4.85. The largest absolute Gasteiger partial charge is 0.397 e. The number of anilines is 2. The minimum Gasteiger partial charge on any atom is -0.397 e. The summed E-state index contributed by atoms with van der Waals surface area (Å²) < 4.78 is 5.20. The molecule has 0 spiro atoms. The maximum absolute atomic E-state index is 6.00. The van der Waals surface area contributed by atoms with Crippen LogP contribution in [0.3, 0.4) is 0 Å². The van der Waals surface area contributed by atoms with Crippen LogP contribution in [0.15, 0.2) is 30.5 Å². The number of methoxy groups -OCH3 is 1. The number of aromatic nitrogens is 1. The second kappa shape index (κ2) is 5.89. The summed E-state index contributed by atoms with van der Waals surface area (Å²) in [6, 6.07) is 8.35. The highest BCUT2D eigenvalue weighted by atomic mass is 16.5. The van der Waals surface area contributed by atoms with Gasteiger partial charge in [-0.3, -0.25) is 4.98 Å². The second-order valence-corrected chi connectivity index (χ2v) is 4.85. The number of para-hydroxylation sites is 1. The van der Waals surface area contributed by atoms with Gasteiger partial charge in [0.25, 0.3) is 0 Å². The van der Waals surface area contributed by atoms with Crippen LogP contribution in [-0.2, 0) is 4.74 Å². The molecule has 1 aromatic heterocycles. The molecular weight excluding hydrogens is 238 g/mol. The Hall–Kier alpha value is -1.81. The van der Waals surface area contributed by atoms with Crippen molar-refractivity contribution in [2.45, 2.75) is 19.9 Å². The van der Waals surface area contributed by atoms with Gasteiger partial charge in [0.2, 0.25) is 0 Å². The first-order valence-electron chi connectivity index (χ1n) is 6.54. The minimum atomic E-state index is 0.391. The standard InChI is InChI=1S/C15H21N3O/c1-11(2)18(9-10-19-3)14-7-8-17-15-12(14)5-4-6-13(15)16/h4-8,11H,9-10,16H2,1-3H3. The topological polar surface area (TPSA) is 51.4 Å². The highest BCUT2D eigenvalue weighted by Gasteiger charge is 2.14. The van der Waals surface area contributed by atoms with E-state index in [9.17, 15) is 0 Å². The number of nitrogens with two attached hydrogens (primary N) is 1. The summed E-state index contributed by atoms with van der Waals surface area (Å²) in [5.41, 5.74) is 8.73. The van der Waals surface area contributed by atoms with Gasteiger partial charge in [-0.1, -0.05) is 12.1 Å². The van der Waals surface area contributed by atoms with E-state index < -0.39 is 0 Å². The smallest absolute Gasteiger partial charge is 0.0951 e. The summed E-state index contributed by atoms with van der Waals surface area (Å²) >= 11 is 0. The highest BCUT2D eigenvalue weighted by molar-refractivity contribution is 5.98. The maximum Gasteiger partial charge on any atom is 0.0951 e. The van der Waals surface area contributed by atoms with Gasteiger partial charge in [-0.05, 0) is 26.0 Å². The van der Waals surface area contributed by atoms with Gasteiger partial charge in [-0.2, -0.15) is 0 Å².